The second kappa shape index (κ2) is 7.61. The van der Waals surface area contributed by atoms with Crippen molar-refractivity contribution in [1.82, 2.24) is 5.32 Å². The molecule has 0 fully saturated rings. The largest absolute Gasteiger partial charge is 0.493 e. The van der Waals surface area contributed by atoms with Gasteiger partial charge < -0.3 is 24.8 Å². The van der Waals surface area contributed by atoms with Crippen molar-refractivity contribution >= 4 is 11.7 Å². The summed E-state index contributed by atoms with van der Waals surface area (Å²) in [5.41, 5.74) is 0.568. The second-order valence-electron chi connectivity index (χ2n) is 5.05. The second-order valence-corrected chi connectivity index (χ2v) is 5.05. The van der Waals surface area contributed by atoms with Crippen LogP contribution >= 0.6 is 0 Å². The molecule has 2 N–H and O–H groups in total. The fraction of sp³-hybridized carbons (Fsp3) is 0.533. The van der Waals surface area contributed by atoms with Gasteiger partial charge in [0.25, 0.3) is 0 Å². The predicted molar refractivity (Wildman–Crippen MR) is 82.6 cm³/mol. The topological polar surface area (TPSA) is 68.8 Å². The molecule has 0 spiro atoms. The lowest BCUT2D eigenvalue weighted by Crippen LogP contribution is -2.39. The molecule has 1 rings (SSSR count). The molecule has 0 saturated heterocycles. The standard InChI is InChI=1S/C15H24N2O4/c1-9(2)10(3)16-15(18)17-11-7-12(19-4)14(21-6)13(8-11)20-5/h7-10H,1-6H3,(H2,16,17,18). The van der Waals surface area contributed by atoms with Crippen LogP contribution in [0.25, 0.3) is 0 Å². The van der Waals surface area contributed by atoms with Crippen LogP contribution in [0, 0.1) is 5.92 Å². The van der Waals surface area contributed by atoms with Crippen LogP contribution in [0.3, 0.4) is 0 Å². The third kappa shape index (κ3) is 4.44. The fourth-order valence-corrected chi connectivity index (χ4v) is 1.69. The van der Waals surface area contributed by atoms with Crippen LogP contribution in [0.5, 0.6) is 17.2 Å². The summed E-state index contributed by atoms with van der Waals surface area (Å²) in [4.78, 5) is 11.9. The van der Waals surface area contributed by atoms with Crippen molar-refractivity contribution in [3.63, 3.8) is 0 Å². The molecule has 6 heteroatoms. The van der Waals surface area contributed by atoms with Crippen LogP contribution in [-0.2, 0) is 0 Å². The Balaban J connectivity index is 2.91. The van der Waals surface area contributed by atoms with Crippen molar-refractivity contribution < 1.29 is 19.0 Å². The SMILES string of the molecule is COc1cc(NC(=O)NC(C)C(C)C)cc(OC)c1OC. The van der Waals surface area contributed by atoms with Crippen molar-refractivity contribution in [3.8, 4) is 17.2 Å². The third-order valence-corrected chi connectivity index (χ3v) is 3.28. The van der Waals surface area contributed by atoms with Gasteiger partial charge in [-0.05, 0) is 12.8 Å². The van der Waals surface area contributed by atoms with E-state index in [0.717, 1.165) is 0 Å². The van der Waals surface area contributed by atoms with Crippen LogP contribution in [0.4, 0.5) is 10.5 Å². The van der Waals surface area contributed by atoms with Gasteiger partial charge in [0.2, 0.25) is 5.75 Å². The summed E-state index contributed by atoms with van der Waals surface area (Å²) in [6.07, 6.45) is 0. The molecular weight excluding hydrogens is 272 g/mol. The van der Waals surface area contributed by atoms with Gasteiger partial charge in [0.1, 0.15) is 0 Å². The number of amides is 2. The van der Waals surface area contributed by atoms with E-state index < -0.39 is 0 Å². The Morgan fingerprint density at radius 1 is 1.00 bits per heavy atom. The maximum atomic E-state index is 11.9. The Kier molecular flexibility index (Phi) is 6.14. The lowest BCUT2D eigenvalue weighted by atomic mass is 10.1. The summed E-state index contributed by atoms with van der Waals surface area (Å²) >= 11 is 0. The number of nitrogens with one attached hydrogen (secondary N) is 2. The van der Waals surface area contributed by atoms with Crippen LogP contribution in [-0.4, -0.2) is 33.4 Å². The van der Waals surface area contributed by atoms with Gasteiger partial charge in [-0.3, -0.25) is 0 Å². The Bertz CT molecular complexity index is 464. The quantitative estimate of drug-likeness (QED) is 0.847. The zero-order valence-corrected chi connectivity index (χ0v) is 13.4. The summed E-state index contributed by atoms with van der Waals surface area (Å²) in [5, 5.41) is 5.63. The summed E-state index contributed by atoms with van der Waals surface area (Å²) in [7, 11) is 4.59. The van der Waals surface area contributed by atoms with Crippen molar-refractivity contribution in [2.45, 2.75) is 26.8 Å². The Morgan fingerprint density at radius 2 is 1.52 bits per heavy atom. The number of urea groups is 1. The highest BCUT2D eigenvalue weighted by molar-refractivity contribution is 5.90. The number of benzene rings is 1. The number of rotatable bonds is 6. The molecule has 21 heavy (non-hydrogen) atoms. The van der Waals surface area contributed by atoms with E-state index in [4.69, 9.17) is 14.2 Å². The van der Waals surface area contributed by atoms with Gasteiger partial charge in [0, 0.05) is 18.2 Å². The van der Waals surface area contributed by atoms with Gasteiger partial charge in [-0.25, -0.2) is 4.79 Å². The maximum absolute atomic E-state index is 11.9. The minimum atomic E-state index is -0.273. The molecule has 0 bridgehead atoms. The van der Waals surface area contributed by atoms with Gasteiger partial charge in [0.05, 0.1) is 27.0 Å². The van der Waals surface area contributed by atoms with E-state index in [9.17, 15) is 4.79 Å². The van der Waals surface area contributed by atoms with Gasteiger partial charge in [0.15, 0.2) is 11.5 Å². The van der Waals surface area contributed by atoms with Crippen molar-refractivity contribution in [3.05, 3.63) is 12.1 Å². The predicted octanol–water partition coefficient (Wildman–Crippen LogP) is 2.88. The molecule has 1 aromatic carbocycles. The van der Waals surface area contributed by atoms with Crippen molar-refractivity contribution in [1.29, 1.82) is 0 Å². The van der Waals surface area contributed by atoms with Gasteiger partial charge in [-0.15, -0.1) is 0 Å². The molecule has 6 nitrogen and oxygen atoms in total. The molecule has 1 unspecified atom stereocenters. The first-order valence-electron chi connectivity index (χ1n) is 6.80. The van der Waals surface area contributed by atoms with Gasteiger partial charge >= 0.3 is 6.03 Å². The van der Waals surface area contributed by atoms with E-state index in [1.54, 1.807) is 12.1 Å². The normalized spacial score (nSPS) is 11.8. The van der Waals surface area contributed by atoms with Gasteiger partial charge in [-0.1, -0.05) is 13.8 Å². The molecule has 0 aliphatic rings. The van der Waals surface area contributed by atoms with Gasteiger partial charge in [-0.2, -0.15) is 0 Å². The highest BCUT2D eigenvalue weighted by Crippen LogP contribution is 2.39. The number of hydrogen-bond donors (Lipinski definition) is 2. The van der Waals surface area contributed by atoms with Crippen LogP contribution in [0.2, 0.25) is 0 Å². The van der Waals surface area contributed by atoms with Crippen molar-refractivity contribution in [2.75, 3.05) is 26.6 Å². The van der Waals surface area contributed by atoms with E-state index in [1.165, 1.54) is 21.3 Å². The Hall–Kier alpha value is -2.11. The average molecular weight is 296 g/mol. The van der Waals surface area contributed by atoms with E-state index in [-0.39, 0.29) is 12.1 Å². The number of anilines is 1. The first-order chi connectivity index (χ1) is 9.92. The van der Waals surface area contributed by atoms with Crippen molar-refractivity contribution in [2.24, 2.45) is 5.92 Å². The van der Waals surface area contributed by atoms with E-state index >= 15 is 0 Å². The number of ether oxygens (including phenoxy) is 3. The minimum Gasteiger partial charge on any atom is -0.493 e. The molecule has 0 radical (unpaired) electrons. The third-order valence-electron chi connectivity index (χ3n) is 3.28. The smallest absolute Gasteiger partial charge is 0.319 e. The summed E-state index contributed by atoms with van der Waals surface area (Å²) in [6, 6.07) is 3.17. The molecule has 2 amide bonds. The lowest BCUT2D eigenvalue weighted by molar-refractivity contribution is 0.246. The molecule has 0 aromatic heterocycles. The van der Waals surface area contributed by atoms with E-state index in [1.807, 2.05) is 20.8 Å². The number of methoxy groups -OCH3 is 3. The molecule has 1 aromatic rings. The average Bonchev–Trinajstić information content (AvgIpc) is 2.45. The molecule has 0 aliphatic heterocycles. The number of carbonyl (C=O) groups is 1. The van der Waals surface area contributed by atoms with E-state index in [2.05, 4.69) is 10.6 Å². The zero-order chi connectivity index (χ0) is 16.0. The van der Waals surface area contributed by atoms with Crippen LogP contribution < -0.4 is 24.8 Å². The number of hydrogen-bond acceptors (Lipinski definition) is 4. The molecule has 0 heterocycles. The summed E-state index contributed by atoms with van der Waals surface area (Å²) in [5.74, 6) is 1.82. The summed E-state index contributed by atoms with van der Waals surface area (Å²) in [6.45, 7) is 6.05. The monoisotopic (exact) mass is 296 g/mol. The fourth-order valence-electron chi connectivity index (χ4n) is 1.69. The Labute approximate surface area is 125 Å². The minimum absolute atomic E-state index is 0.0760. The van der Waals surface area contributed by atoms with Crippen LogP contribution in [0.1, 0.15) is 20.8 Å². The maximum Gasteiger partial charge on any atom is 0.319 e. The van der Waals surface area contributed by atoms with E-state index in [0.29, 0.717) is 28.9 Å². The molecule has 0 aliphatic carbocycles. The first-order valence-corrected chi connectivity index (χ1v) is 6.80. The number of carbonyl (C=O) groups excluding carboxylic acids is 1. The molecule has 1 atom stereocenters. The zero-order valence-electron chi connectivity index (χ0n) is 13.4. The Morgan fingerprint density at radius 3 is 1.90 bits per heavy atom. The molecular formula is C15H24N2O4. The molecule has 0 saturated carbocycles. The summed E-state index contributed by atoms with van der Waals surface area (Å²) < 4.78 is 15.7. The highest BCUT2D eigenvalue weighted by atomic mass is 16.5. The first kappa shape index (κ1) is 16.9. The molecule has 118 valence electrons. The van der Waals surface area contributed by atoms with Crippen LogP contribution in [0.15, 0.2) is 12.1 Å². The lowest BCUT2D eigenvalue weighted by Gasteiger charge is -2.19. The highest BCUT2D eigenvalue weighted by Gasteiger charge is 2.15.